The molecule has 1 spiro atoms. The van der Waals surface area contributed by atoms with Crippen LogP contribution in [0, 0.1) is 0 Å². The number of nitrogens with one attached hydrogen (secondary N) is 1. The molecule has 0 aromatic heterocycles. The number of unbranched alkanes of at least 4 members (excludes halogenated alkanes) is 3. The number of rotatable bonds is 5. The van der Waals surface area contributed by atoms with E-state index in [0.29, 0.717) is 11.1 Å². The monoisotopic (exact) mass is 252 g/mol. The van der Waals surface area contributed by atoms with E-state index in [-0.39, 0.29) is 0 Å². The summed E-state index contributed by atoms with van der Waals surface area (Å²) < 4.78 is 0. The Balaban J connectivity index is 1.92. The zero-order valence-electron chi connectivity index (χ0n) is 12.7. The van der Waals surface area contributed by atoms with Crippen molar-refractivity contribution < 1.29 is 0 Å². The Labute approximate surface area is 114 Å². The number of nitrogens with zero attached hydrogens (tertiary/aromatic N) is 1. The molecule has 106 valence electrons. The minimum absolute atomic E-state index is 0.304. The molecule has 0 aromatic rings. The van der Waals surface area contributed by atoms with Gasteiger partial charge in [-0.1, -0.05) is 39.0 Å². The second-order valence-electron chi connectivity index (χ2n) is 7.15. The molecule has 18 heavy (non-hydrogen) atoms. The van der Waals surface area contributed by atoms with Gasteiger partial charge in [0.2, 0.25) is 0 Å². The highest BCUT2D eigenvalue weighted by Crippen LogP contribution is 2.38. The van der Waals surface area contributed by atoms with E-state index in [1.54, 1.807) is 0 Å². The number of hydrogen-bond acceptors (Lipinski definition) is 2. The third-order valence-corrected chi connectivity index (χ3v) is 4.97. The Hall–Kier alpha value is -0.0800. The minimum atomic E-state index is 0.304. The van der Waals surface area contributed by atoms with Crippen molar-refractivity contribution in [1.29, 1.82) is 0 Å². The van der Waals surface area contributed by atoms with Gasteiger partial charge in [-0.15, -0.1) is 0 Å². The summed E-state index contributed by atoms with van der Waals surface area (Å²) in [7, 11) is 0. The van der Waals surface area contributed by atoms with Crippen LogP contribution in [0.4, 0.5) is 0 Å². The molecular formula is C16H32N2. The highest BCUT2D eigenvalue weighted by atomic mass is 15.3. The first-order valence-electron chi connectivity index (χ1n) is 8.08. The predicted molar refractivity (Wildman–Crippen MR) is 79.0 cm³/mol. The molecule has 1 heterocycles. The van der Waals surface area contributed by atoms with E-state index >= 15 is 0 Å². The molecule has 0 bridgehead atoms. The van der Waals surface area contributed by atoms with Crippen LogP contribution in [0.1, 0.15) is 72.1 Å². The van der Waals surface area contributed by atoms with Crippen LogP contribution in [0.3, 0.4) is 0 Å². The molecular weight excluding hydrogens is 220 g/mol. The van der Waals surface area contributed by atoms with Gasteiger partial charge < -0.3 is 5.32 Å². The maximum atomic E-state index is 3.78. The van der Waals surface area contributed by atoms with Crippen LogP contribution in [0.5, 0.6) is 0 Å². The van der Waals surface area contributed by atoms with Gasteiger partial charge in [-0.25, -0.2) is 0 Å². The fourth-order valence-corrected chi connectivity index (χ4v) is 3.79. The van der Waals surface area contributed by atoms with E-state index in [2.05, 4.69) is 31.0 Å². The molecule has 2 aliphatic rings. The van der Waals surface area contributed by atoms with E-state index < -0.39 is 0 Å². The van der Waals surface area contributed by atoms with Crippen molar-refractivity contribution in [2.24, 2.45) is 0 Å². The fourth-order valence-electron chi connectivity index (χ4n) is 3.79. The number of piperazine rings is 1. The molecule has 1 N–H and O–H groups in total. The summed E-state index contributed by atoms with van der Waals surface area (Å²) >= 11 is 0. The van der Waals surface area contributed by atoms with Crippen molar-refractivity contribution in [2.45, 2.75) is 83.2 Å². The van der Waals surface area contributed by atoms with Crippen LogP contribution >= 0.6 is 0 Å². The largest absolute Gasteiger partial charge is 0.309 e. The average Bonchev–Trinajstić information content (AvgIpc) is 2.79. The second kappa shape index (κ2) is 5.92. The SMILES string of the molecule is CCCCCCN1CC(C)(C)NCC12CCCC2. The van der Waals surface area contributed by atoms with Crippen LogP contribution in [0.15, 0.2) is 0 Å². The van der Waals surface area contributed by atoms with Gasteiger partial charge in [0, 0.05) is 24.2 Å². The maximum absolute atomic E-state index is 3.78. The first-order valence-corrected chi connectivity index (χ1v) is 8.08. The summed E-state index contributed by atoms with van der Waals surface area (Å²) in [6, 6.07) is 0. The van der Waals surface area contributed by atoms with E-state index in [1.165, 1.54) is 71.0 Å². The van der Waals surface area contributed by atoms with Crippen molar-refractivity contribution in [3.05, 3.63) is 0 Å². The zero-order chi connectivity index (χ0) is 13.1. The van der Waals surface area contributed by atoms with Crippen LogP contribution in [0.25, 0.3) is 0 Å². The molecule has 0 amide bonds. The Bertz CT molecular complexity index is 254. The molecule has 0 aromatic carbocycles. The first kappa shape index (κ1) is 14.3. The third-order valence-electron chi connectivity index (χ3n) is 4.97. The van der Waals surface area contributed by atoms with Crippen molar-refractivity contribution in [3.8, 4) is 0 Å². The summed E-state index contributed by atoms with van der Waals surface area (Å²) in [5, 5.41) is 3.78. The van der Waals surface area contributed by atoms with E-state index in [0.717, 1.165) is 0 Å². The highest BCUT2D eigenvalue weighted by molar-refractivity contribution is 5.04. The molecule has 1 aliphatic heterocycles. The smallest absolute Gasteiger partial charge is 0.0334 e. The zero-order valence-corrected chi connectivity index (χ0v) is 12.7. The van der Waals surface area contributed by atoms with Crippen molar-refractivity contribution in [1.82, 2.24) is 10.2 Å². The lowest BCUT2D eigenvalue weighted by atomic mass is 9.87. The van der Waals surface area contributed by atoms with Gasteiger partial charge >= 0.3 is 0 Å². The normalized spacial score (nSPS) is 26.8. The summed E-state index contributed by atoms with van der Waals surface area (Å²) in [4.78, 5) is 2.84. The van der Waals surface area contributed by atoms with Crippen molar-refractivity contribution in [2.75, 3.05) is 19.6 Å². The van der Waals surface area contributed by atoms with Crippen LogP contribution in [-0.2, 0) is 0 Å². The topological polar surface area (TPSA) is 15.3 Å². The molecule has 2 heteroatoms. The van der Waals surface area contributed by atoms with Crippen molar-refractivity contribution in [3.63, 3.8) is 0 Å². The Morgan fingerprint density at radius 1 is 1.06 bits per heavy atom. The molecule has 1 aliphatic carbocycles. The number of hydrogen-bond donors (Lipinski definition) is 1. The molecule has 1 saturated heterocycles. The molecule has 2 fully saturated rings. The van der Waals surface area contributed by atoms with Crippen LogP contribution in [0.2, 0.25) is 0 Å². The summed E-state index contributed by atoms with van der Waals surface area (Å²) in [5.74, 6) is 0. The van der Waals surface area contributed by atoms with Gasteiger partial charge in [0.05, 0.1) is 0 Å². The third kappa shape index (κ3) is 3.27. The van der Waals surface area contributed by atoms with Gasteiger partial charge in [0.15, 0.2) is 0 Å². The standard InChI is InChI=1S/C16H32N2/c1-4-5-6-9-12-18-14-15(2,3)17-13-16(18)10-7-8-11-16/h17H,4-14H2,1-3H3. The fraction of sp³-hybridized carbons (Fsp3) is 1.00. The highest BCUT2D eigenvalue weighted by Gasteiger charge is 2.44. The van der Waals surface area contributed by atoms with E-state index in [1.807, 2.05) is 0 Å². The Morgan fingerprint density at radius 2 is 1.78 bits per heavy atom. The lowest BCUT2D eigenvalue weighted by molar-refractivity contribution is 0.0177. The molecule has 0 radical (unpaired) electrons. The van der Waals surface area contributed by atoms with E-state index in [9.17, 15) is 0 Å². The second-order valence-corrected chi connectivity index (χ2v) is 7.15. The van der Waals surface area contributed by atoms with Crippen LogP contribution < -0.4 is 5.32 Å². The van der Waals surface area contributed by atoms with Gasteiger partial charge in [-0.3, -0.25) is 4.90 Å². The van der Waals surface area contributed by atoms with Gasteiger partial charge in [0.1, 0.15) is 0 Å². The molecule has 0 atom stereocenters. The summed E-state index contributed by atoms with van der Waals surface area (Å²) in [6.45, 7) is 10.8. The Kier molecular flexibility index (Phi) is 4.71. The molecule has 2 rings (SSSR count). The van der Waals surface area contributed by atoms with Crippen LogP contribution in [-0.4, -0.2) is 35.6 Å². The average molecular weight is 252 g/mol. The lowest BCUT2D eigenvalue weighted by Gasteiger charge is -2.51. The Morgan fingerprint density at radius 3 is 2.44 bits per heavy atom. The summed E-state index contributed by atoms with van der Waals surface area (Å²) in [6.07, 6.45) is 11.3. The maximum Gasteiger partial charge on any atom is 0.0334 e. The molecule has 0 unspecified atom stereocenters. The van der Waals surface area contributed by atoms with Gasteiger partial charge in [-0.2, -0.15) is 0 Å². The predicted octanol–water partition coefficient (Wildman–Crippen LogP) is 3.56. The molecule has 2 nitrogen and oxygen atoms in total. The minimum Gasteiger partial charge on any atom is -0.309 e. The van der Waals surface area contributed by atoms with Crippen molar-refractivity contribution >= 4 is 0 Å². The summed E-state index contributed by atoms with van der Waals surface area (Å²) in [5.41, 5.74) is 0.820. The van der Waals surface area contributed by atoms with E-state index in [4.69, 9.17) is 0 Å². The first-order chi connectivity index (χ1) is 8.58. The van der Waals surface area contributed by atoms with Gasteiger partial charge in [0.25, 0.3) is 0 Å². The molecule has 1 saturated carbocycles. The quantitative estimate of drug-likeness (QED) is 0.753. The lowest BCUT2D eigenvalue weighted by Crippen LogP contribution is -2.67. The van der Waals surface area contributed by atoms with Gasteiger partial charge in [-0.05, 0) is 39.7 Å².